The van der Waals surface area contributed by atoms with E-state index in [0.29, 0.717) is 6.42 Å². The quantitative estimate of drug-likeness (QED) is 0.880. The SMILES string of the molecule is CC(NC(=O)[C@@H](N)Cc1ccccc1)c1ccsc1. The Bertz CT molecular complexity index is 510. The topological polar surface area (TPSA) is 55.1 Å². The summed E-state index contributed by atoms with van der Waals surface area (Å²) in [5, 5.41) is 6.98. The highest BCUT2D eigenvalue weighted by Crippen LogP contribution is 2.15. The number of hydrogen-bond donors (Lipinski definition) is 2. The number of nitrogens with one attached hydrogen (secondary N) is 1. The first-order chi connectivity index (χ1) is 9.16. The third kappa shape index (κ3) is 3.91. The first-order valence-electron chi connectivity index (χ1n) is 6.29. The molecule has 0 radical (unpaired) electrons. The Morgan fingerprint density at radius 1 is 1.32 bits per heavy atom. The van der Waals surface area contributed by atoms with E-state index in [1.807, 2.05) is 54.1 Å². The molecule has 0 fully saturated rings. The summed E-state index contributed by atoms with van der Waals surface area (Å²) >= 11 is 1.62. The fourth-order valence-electron chi connectivity index (χ4n) is 1.89. The molecular formula is C15H18N2OS. The van der Waals surface area contributed by atoms with Crippen LogP contribution in [0.25, 0.3) is 0 Å². The third-order valence-electron chi connectivity index (χ3n) is 3.04. The van der Waals surface area contributed by atoms with Crippen LogP contribution in [0.15, 0.2) is 47.2 Å². The van der Waals surface area contributed by atoms with Crippen molar-refractivity contribution in [1.29, 1.82) is 0 Å². The van der Waals surface area contributed by atoms with Crippen LogP contribution < -0.4 is 11.1 Å². The summed E-state index contributed by atoms with van der Waals surface area (Å²) in [6.07, 6.45) is 0.559. The first-order valence-corrected chi connectivity index (χ1v) is 7.23. The summed E-state index contributed by atoms with van der Waals surface area (Å²) in [5.41, 5.74) is 8.13. The fraction of sp³-hybridized carbons (Fsp3) is 0.267. The highest BCUT2D eigenvalue weighted by atomic mass is 32.1. The van der Waals surface area contributed by atoms with Gasteiger partial charge in [-0.15, -0.1) is 0 Å². The van der Waals surface area contributed by atoms with Gasteiger partial charge in [-0.05, 0) is 41.3 Å². The average Bonchev–Trinajstić information content (AvgIpc) is 2.93. The molecule has 2 rings (SSSR count). The van der Waals surface area contributed by atoms with Gasteiger partial charge in [0.15, 0.2) is 0 Å². The maximum absolute atomic E-state index is 12.0. The Kier molecular flexibility index (Phi) is 4.71. The highest BCUT2D eigenvalue weighted by molar-refractivity contribution is 7.07. The summed E-state index contributed by atoms with van der Waals surface area (Å²) in [6.45, 7) is 1.97. The van der Waals surface area contributed by atoms with Gasteiger partial charge in [-0.25, -0.2) is 0 Å². The van der Waals surface area contributed by atoms with E-state index in [2.05, 4.69) is 5.32 Å². The van der Waals surface area contributed by atoms with E-state index < -0.39 is 6.04 Å². The molecule has 2 aromatic rings. The van der Waals surface area contributed by atoms with Crippen LogP contribution in [0.5, 0.6) is 0 Å². The minimum atomic E-state index is -0.511. The largest absolute Gasteiger partial charge is 0.348 e. The van der Waals surface area contributed by atoms with E-state index in [-0.39, 0.29) is 11.9 Å². The van der Waals surface area contributed by atoms with Crippen LogP contribution in [0.3, 0.4) is 0 Å². The monoisotopic (exact) mass is 274 g/mol. The van der Waals surface area contributed by atoms with E-state index in [9.17, 15) is 4.79 Å². The van der Waals surface area contributed by atoms with Crippen molar-refractivity contribution >= 4 is 17.2 Å². The molecule has 0 aliphatic carbocycles. The van der Waals surface area contributed by atoms with Crippen molar-refractivity contribution in [2.45, 2.75) is 25.4 Å². The van der Waals surface area contributed by atoms with Crippen molar-refractivity contribution in [3.63, 3.8) is 0 Å². The maximum atomic E-state index is 12.0. The Balaban J connectivity index is 1.89. The second-order valence-electron chi connectivity index (χ2n) is 4.58. The number of benzene rings is 1. The molecule has 0 saturated carbocycles. The van der Waals surface area contributed by atoms with Gasteiger partial charge in [-0.2, -0.15) is 11.3 Å². The lowest BCUT2D eigenvalue weighted by atomic mass is 10.1. The standard InChI is InChI=1S/C15H18N2OS/c1-11(13-7-8-19-10-13)17-15(18)14(16)9-12-5-3-2-4-6-12/h2-8,10-11,14H,9,16H2,1H3,(H,17,18)/t11?,14-/m0/s1. The van der Waals surface area contributed by atoms with Crippen molar-refractivity contribution in [3.05, 3.63) is 58.3 Å². The molecule has 4 heteroatoms. The van der Waals surface area contributed by atoms with Gasteiger partial charge in [0.2, 0.25) is 5.91 Å². The summed E-state index contributed by atoms with van der Waals surface area (Å²) in [6, 6.07) is 11.3. The molecule has 0 spiro atoms. The number of amides is 1. The zero-order valence-corrected chi connectivity index (χ0v) is 11.7. The molecule has 3 N–H and O–H groups in total. The van der Waals surface area contributed by atoms with E-state index in [1.165, 1.54) is 0 Å². The van der Waals surface area contributed by atoms with Crippen LogP contribution in [0, 0.1) is 0 Å². The minimum Gasteiger partial charge on any atom is -0.348 e. The summed E-state index contributed by atoms with van der Waals surface area (Å²) in [4.78, 5) is 12.0. The first kappa shape index (κ1) is 13.8. The van der Waals surface area contributed by atoms with Gasteiger partial charge in [0.05, 0.1) is 12.1 Å². The molecule has 1 amide bonds. The van der Waals surface area contributed by atoms with Crippen molar-refractivity contribution in [3.8, 4) is 0 Å². The van der Waals surface area contributed by atoms with Crippen LogP contribution in [0.4, 0.5) is 0 Å². The van der Waals surface area contributed by atoms with E-state index in [4.69, 9.17) is 5.73 Å². The molecule has 0 aliphatic rings. The van der Waals surface area contributed by atoms with E-state index in [1.54, 1.807) is 11.3 Å². The number of thiophene rings is 1. The van der Waals surface area contributed by atoms with E-state index in [0.717, 1.165) is 11.1 Å². The number of rotatable bonds is 5. The normalized spacial score (nSPS) is 13.8. The predicted molar refractivity (Wildman–Crippen MR) is 79.0 cm³/mol. The molecule has 0 saturated heterocycles. The molecule has 1 unspecified atom stereocenters. The molecule has 1 aromatic carbocycles. The van der Waals surface area contributed by atoms with Crippen LogP contribution in [0.2, 0.25) is 0 Å². The lowest BCUT2D eigenvalue weighted by Gasteiger charge is -2.17. The van der Waals surface area contributed by atoms with Gasteiger partial charge in [-0.3, -0.25) is 4.79 Å². The lowest BCUT2D eigenvalue weighted by Crippen LogP contribution is -2.42. The molecule has 2 atom stereocenters. The Morgan fingerprint density at radius 3 is 2.68 bits per heavy atom. The molecule has 19 heavy (non-hydrogen) atoms. The highest BCUT2D eigenvalue weighted by Gasteiger charge is 2.17. The number of carbonyl (C=O) groups excluding carboxylic acids is 1. The zero-order chi connectivity index (χ0) is 13.7. The van der Waals surface area contributed by atoms with Gasteiger partial charge < -0.3 is 11.1 Å². The van der Waals surface area contributed by atoms with Gasteiger partial charge in [0.25, 0.3) is 0 Å². The number of hydrogen-bond acceptors (Lipinski definition) is 3. The van der Waals surface area contributed by atoms with Crippen molar-refractivity contribution in [2.75, 3.05) is 0 Å². The summed E-state index contributed by atoms with van der Waals surface area (Å²) in [5.74, 6) is -0.109. The second kappa shape index (κ2) is 6.50. The molecular weight excluding hydrogens is 256 g/mol. The fourth-order valence-corrected chi connectivity index (χ4v) is 2.64. The van der Waals surface area contributed by atoms with Gasteiger partial charge >= 0.3 is 0 Å². The lowest BCUT2D eigenvalue weighted by molar-refractivity contribution is -0.123. The number of nitrogens with two attached hydrogens (primary N) is 1. The van der Waals surface area contributed by atoms with Crippen LogP contribution in [-0.2, 0) is 11.2 Å². The smallest absolute Gasteiger partial charge is 0.237 e. The summed E-state index contributed by atoms with van der Waals surface area (Å²) < 4.78 is 0. The third-order valence-corrected chi connectivity index (χ3v) is 3.74. The maximum Gasteiger partial charge on any atom is 0.237 e. The molecule has 1 heterocycles. The Hall–Kier alpha value is -1.65. The molecule has 0 aliphatic heterocycles. The van der Waals surface area contributed by atoms with Gasteiger partial charge in [-0.1, -0.05) is 30.3 Å². The molecule has 3 nitrogen and oxygen atoms in total. The zero-order valence-electron chi connectivity index (χ0n) is 10.9. The molecule has 1 aromatic heterocycles. The number of carbonyl (C=O) groups is 1. The summed E-state index contributed by atoms with van der Waals surface area (Å²) in [7, 11) is 0. The van der Waals surface area contributed by atoms with Gasteiger partial charge in [0, 0.05) is 0 Å². The average molecular weight is 274 g/mol. The van der Waals surface area contributed by atoms with Crippen molar-refractivity contribution in [1.82, 2.24) is 5.32 Å². The van der Waals surface area contributed by atoms with Crippen LogP contribution in [0.1, 0.15) is 24.1 Å². The predicted octanol–water partition coefficient (Wildman–Crippen LogP) is 2.50. The van der Waals surface area contributed by atoms with Crippen molar-refractivity contribution < 1.29 is 4.79 Å². The van der Waals surface area contributed by atoms with Crippen molar-refractivity contribution in [2.24, 2.45) is 5.73 Å². The van der Waals surface area contributed by atoms with Crippen LogP contribution in [-0.4, -0.2) is 11.9 Å². The molecule has 100 valence electrons. The van der Waals surface area contributed by atoms with Gasteiger partial charge in [0.1, 0.15) is 0 Å². The minimum absolute atomic E-state index is 0.000531. The van der Waals surface area contributed by atoms with E-state index >= 15 is 0 Å². The van der Waals surface area contributed by atoms with Crippen LogP contribution >= 0.6 is 11.3 Å². The Morgan fingerprint density at radius 2 is 2.05 bits per heavy atom. The molecule has 0 bridgehead atoms. The second-order valence-corrected chi connectivity index (χ2v) is 5.36. The Labute approximate surface area is 117 Å².